The standard InChI is InChI=1S/C9H12N2O/c12-9-4-2-1-3-8(9)11-6-5-10-7-11/h5-8H,1-4H2. The SMILES string of the molecule is O=C1CCCCC1n1ccnc1. The highest BCUT2D eigenvalue weighted by atomic mass is 16.1. The predicted octanol–water partition coefficient (Wildman–Crippen LogP) is 1.57. The van der Waals surface area contributed by atoms with Crippen LogP contribution in [-0.4, -0.2) is 15.3 Å². The number of carbonyl (C=O) groups excluding carboxylic acids is 1. The summed E-state index contributed by atoms with van der Waals surface area (Å²) in [6, 6.07) is 0.0706. The maximum Gasteiger partial charge on any atom is 0.155 e. The highest BCUT2D eigenvalue weighted by Gasteiger charge is 2.22. The Balaban J connectivity index is 2.17. The van der Waals surface area contributed by atoms with Gasteiger partial charge in [-0.2, -0.15) is 0 Å². The molecule has 0 saturated heterocycles. The Morgan fingerprint density at radius 2 is 2.42 bits per heavy atom. The van der Waals surface area contributed by atoms with Gasteiger partial charge in [-0.25, -0.2) is 4.98 Å². The molecule has 0 spiro atoms. The molecule has 1 saturated carbocycles. The van der Waals surface area contributed by atoms with Crippen LogP contribution in [0.15, 0.2) is 18.7 Å². The topological polar surface area (TPSA) is 34.9 Å². The van der Waals surface area contributed by atoms with E-state index in [1.807, 2.05) is 10.8 Å². The molecule has 1 fully saturated rings. The van der Waals surface area contributed by atoms with E-state index in [1.54, 1.807) is 12.5 Å². The van der Waals surface area contributed by atoms with E-state index < -0.39 is 0 Å². The molecule has 0 N–H and O–H groups in total. The largest absolute Gasteiger partial charge is 0.327 e. The van der Waals surface area contributed by atoms with Crippen molar-refractivity contribution in [1.29, 1.82) is 0 Å². The second kappa shape index (κ2) is 3.09. The van der Waals surface area contributed by atoms with E-state index in [0.717, 1.165) is 25.7 Å². The molecule has 0 radical (unpaired) electrons. The van der Waals surface area contributed by atoms with Crippen molar-refractivity contribution in [1.82, 2.24) is 9.55 Å². The summed E-state index contributed by atoms with van der Waals surface area (Å²) in [7, 11) is 0. The van der Waals surface area contributed by atoms with Crippen LogP contribution in [0.1, 0.15) is 31.7 Å². The lowest BCUT2D eigenvalue weighted by atomic mass is 9.94. The van der Waals surface area contributed by atoms with Crippen molar-refractivity contribution in [3.8, 4) is 0 Å². The molecule has 0 amide bonds. The Kier molecular flexibility index (Phi) is 1.94. The minimum atomic E-state index is 0.0706. The number of rotatable bonds is 1. The molecule has 0 aliphatic heterocycles. The van der Waals surface area contributed by atoms with E-state index in [2.05, 4.69) is 4.98 Å². The molecule has 64 valence electrons. The second-order valence-electron chi connectivity index (χ2n) is 3.24. The van der Waals surface area contributed by atoms with E-state index in [0.29, 0.717) is 5.78 Å². The average molecular weight is 164 g/mol. The fourth-order valence-electron chi connectivity index (χ4n) is 1.73. The van der Waals surface area contributed by atoms with Crippen LogP contribution in [0.25, 0.3) is 0 Å². The van der Waals surface area contributed by atoms with Gasteiger partial charge in [-0.3, -0.25) is 4.79 Å². The van der Waals surface area contributed by atoms with Gasteiger partial charge in [0, 0.05) is 18.8 Å². The number of ketones is 1. The van der Waals surface area contributed by atoms with Crippen LogP contribution in [0.4, 0.5) is 0 Å². The van der Waals surface area contributed by atoms with Gasteiger partial charge in [-0.1, -0.05) is 6.42 Å². The van der Waals surface area contributed by atoms with Crippen molar-refractivity contribution >= 4 is 5.78 Å². The maximum atomic E-state index is 11.4. The summed E-state index contributed by atoms with van der Waals surface area (Å²) in [5, 5.41) is 0. The van der Waals surface area contributed by atoms with Crippen molar-refractivity contribution in [2.45, 2.75) is 31.7 Å². The van der Waals surface area contributed by atoms with Crippen LogP contribution in [0.2, 0.25) is 0 Å². The zero-order valence-electron chi connectivity index (χ0n) is 6.94. The molecule has 2 rings (SSSR count). The third kappa shape index (κ3) is 1.26. The zero-order valence-corrected chi connectivity index (χ0v) is 6.94. The van der Waals surface area contributed by atoms with Crippen LogP contribution in [0, 0.1) is 0 Å². The van der Waals surface area contributed by atoms with Crippen molar-refractivity contribution in [3.05, 3.63) is 18.7 Å². The molecular formula is C9H12N2O. The molecule has 1 aliphatic carbocycles. The van der Waals surface area contributed by atoms with Gasteiger partial charge in [-0.05, 0) is 12.8 Å². The van der Waals surface area contributed by atoms with Gasteiger partial charge < -0.3 is 4.57 Å². The molecule has 1 aliphatic rings. The van der Waals surface area contributed by atoms with Gasteiger partial charge in [-0.15, -0.1) is 0 Å². The van der Waals surface area contributed by atoms with Crippen molar-refractivity contribution in [3.63, 3.8) is 0 Å². The lowest BCUT2D eigenvalue weighted by Crippen LogP contribution is -2.21. The van der Waals surface area contributed by atoms with Gasteiger partial charge in [0.05, 0.1) is 12.4 Å². The Bertz CT molecular complexity index is 266. The Morgan fingerprint density at radius 3 is 3.08 bits per heavy atom. The number of aromatic nitrogens is 2. The van der Waals surface area contributed by atoms with E-state index >= 15 is 0 Å². The highest BCUT2D eigenvalue weighted by molar-refractivity contribution is 5.83. The number of hydrogen-bond acceptors (Lipinski definition) is 2. The second-order valence-corrected chi connectivity index (χ2v) is 3.24. The summed E-state index contributed by atoms with van der Waals surface area (Å²) in [6.45, 7) is 0. The van der Waals surface area contributed by atoms with Crippen molar-refractivity contribution < 1.29 is 4.79 Å². The summed E-state index contributed by atoms with van der Waals surface area (Å²) >= 11 is 0. The fraction of sp³-hybridized carbons (Fsp3) is 0.556. The van der Waals surface area contributed by atoms with Crippen LogP contribution in [-0.2, 0) is 4.79 Å². The van der Waals surface area contributed by atoms with E-state index in [9.17, 15) is 4.79 Å². The summed E-state index contributed by atoms with van der Waals surface area (Å²) in [5.41, 5.74) is 0. The quantitative estimate of drug-likeness (QED) is 0.631. The van der Waals surface area contributed by atoms with Crippen molar-refractivity contribution in [2.24, 2.45) is 0 Å². The first-order valence-electron chi connectivity index (χ1n) is 4.38. The normalized spacial score (nSPS) is 24.3. The minimum Gasteiger partial charge on any atom is -0.327 e. The van der Waals surface area contributed by atoms with Crippen LogP contribution >= 0.6 is 0 Å². The average Bonchev–Trinajstić information content (AvgIpc) is 2.57. The summed E-state index contributed by atoms with van der Waals surface area (Å²) in [6.07, 6.45) is 9.26. The number of Topliss-reactive ketones (excluding diaryl/α,β-unsaturated/α-hetero) is 1. The number of carbonyl (C=O) groups is 1. The van der Waals surface area contributed by atoms with Gasteiger partial charge in [0.2, 0.25) is 0 Å². The van der Waals surface area contributed by atoms with Gasteiger partial charge in [0.15, 0.2) is 5.78 Å². The van der Waals surface area contributed by atoms with Gasteiger partial charge in [0.1, 0.15) is 0 Å². The fourth-order valence-corrected chi connectivity index (χ4v) is 1.73. The van der Waals surface area contributed by atoms with Crippen LogP contribution < -0.4 is 0 Å². The van der Waals surface area contributed by atoms with Crippen molar-refractivity contribution in [2.75, 3.05) is 0 Å². The molecule has 0 bridgehead atoms. The number of nitrogens with zero attached hydrogens (tertiary/aromatic N) is 2. The zero-order chi connectivity index (χ0) is 8.39. The molecule has 12 heavy (non-hydrogen) atoms. The van der Waals surface area contributed by atoms with Gasteiger partial charge >= 0.3 is 0 Å². The van der Waals surface area contributed by atoms with Crippen LogP contribution in [0.5, 0.6) is 0 Å². The first-order valence-corrected chi connectivity index (χ1v) is 4.38. The van der Waals surface area contributed by atoms with Gasteiger partial charge in [0.25, 0.3) is 0 Å². The monoisotopic (exact) mass is 164 g/mol. The first kappa shape index (κ1) is 7.53. The molecule has 1 unspecified atom stereocenters. The lowest BCUT2D eigenvalue weighted by Gasteiger charge is -2.21. The molecule has 1 aromatic heterocycles. The highest BCUT2D eigenvalue weighted by Crippen LogP contribution is 2.24. The Labute approximate surface area is 71.4 Å². The van der Waals surface area contributed by atoms with E-state index in [1.165, 1.54) is 0 Å². The minimum absolute atomic E-state index is 0.0706. The molecule has 0 aromatic carbocycles. The molecular weight excluding hydrogens is 152 g/mol. The molecule has 1 aromatic rings. The smallest absolute Gasteiger partial charge is 0.155 e. The summed E-state index contributed by atoms with van der Waals surface area (Å²) in [5.74, 6) is 0.360. The van der Waals surface area contributed by atoms with Crippen LogP contribution in [0.3, 0.4) is 0 Å². The first-order chi connectivity index (χ1) is 5.88. The third-order valence-electron chi connectivity index (χ3n) is 2.41. The maximum absolute atomic E-state index is 11.4. The Hall–Kier alpha value is -1.12. The Morgan fingerprint density at radius 1 is 1.50 bits per heavy atom. The molecule has 1 atom stereocenters. The molecule has 3 heteroatoms. The van der Waals surface area contributed by atoms with E-state index in [4.69, 9.17) is 0 Å². The van der Waals surface area contributed by atoms with E-state index in [-0.39, 0.29) is 6.04 Å². The molecule has 1 heterocycles. The third-order valence-corrected chi connectivity index (χ3v) is 2.41. The molecule has 3 nitrogen and oxygen atoms in total. The summed E-state index contributed by atoms with van der Waals surface area (Å²) in [4.78, 5) is 15.4. The number of hydrogen-bond donors (Lipinski definition) is 0. The number of imidazole rings is 1. The summed E-state index contributed by atoms with van der Waals surface area (Å²) < 4.78 is 1.92. The lowest BCUT2D eigenvalue weighted by molar-refractivity contribution is -0.123. The predicted molar refractivity (Wildman–Crippen MR) is 44.7 cm³/mol.